The summed E-state index contributed by atoms with van der Waals surface area (Å²) in [6.07, 6.45) is 4.64. The first-order valence-electron chi connectivity index (χ1n) is 9.46. The van der Waals surface area contributed by atoms with Gasteiger partial charge in [-0.1, -0.05) is 18.2 Å². The minimum Gasteiger partial charge on any atom is -0.493 e. The summed E-state index contributed by atoms with van der Waals surface area (Å²) in [5.41, 5.74) is 1.27. The molecule has 2 atom stereocenters. The number of nitrogens with zero attached hydrogens (tertiary/aromatic N) is 4. The quantitative estimate of drug-likeness (QED) is 0.646. The van der Waals surface area contributed by atoms with Gasteiger partial charge in [-0.3, -0.25) is 4.99 Å². The fraction of sp³-hybridized carbons (Fsp3) is 0.526. The summed E-state index contributed by atoms with van der Waals surface area (Å²) < 4.78 is 7.75. The van der Waals surface area contributed by atoms with Crippen LogP contribution in [0.25, 0.3) is 0 Å². The van der Waals surface area contributed by atoms with Crippen molar-refractivity contribution < 1.29 is 4.74 Å². The minimum absolute atomic E-state index is 0.323. The van der Waals surface area contributed by atoms with Crippen molar-refractivity contribution in [3.8, 4) is 5.75 Å². The van der Waals surface area contributed by atoms with E-state index in [-0.39, 0.29) is 0 Å². The summed E-state index contributed by atoms with van der Waals surface area (Å²) in [5.74, 6) is 3.36. The zero-order valence-electron chi connectivity index (χ0n) is 15.2. The molecule has 2 unspecified atom stereocenters. The van der Waals surface area contributed by atoms with E-state index in [1.807, 2.05) is 16.8 Å². The average molecular weight is 354 g/mol. The van der Waals surface area contributed by atoms with Crippen LogP contribution in [0.15, 0.2) is 35.6 Å². The van der Waals surface area contributed by atoms with Gasteiger partial charge in [-0.25, -0.2) is 9.67 Å². The molecule has 3 heterocycles. The molecule has 0 saturated heterocycles. The van der Waals surface area contributed by atoms with E-state index < -0.39 is 0 Å². The molecule has 2 aliphatic rings. The fourth-order valence-electron chi connectivity index (χ4n) is 3.68. The molecule has 7 heteroatoms. The minimum atomic E-state index is 0.323. The maximum absolute atomic E-state index is 5.76. The highest BCUT2D eigenvalue weighted by Gasteiger charge is 2.22. The van der Waals surface area contributed by atoms with Gasteiger partial charge in [0.15, 0.2) is 5.96 Å². The van der Waals surface area contributed by atoms with E-state index in [0.717, 1.165) is 63.0 Å². The lowest BCUT2D eigenvalue weighted by molar-refractivity contribution is 0.269. The monoisotopic (exact) mass is 354 g/mol. The summed E-state index contributed by atoms with van der Waals surface area (Å²) in [6.45, 7) is 5.30. The number of hydrogen-bond acceptors (Lipinski definition) is 4. The molecule has 0 fully saturated rings. The Kier molecular flexibility index (Phi) is 5.04. The Balaban J connectivity index is 1.42. The van der Waals surface area contributed by atoms with Gasteiger partial charge < -0.3 is 15.4 Å². The molecule has 4 rings (SSSR count). The van der Waals surface area contributed by atoms with Crippen LogP contribution in [0.5, 0.6) is 5.75 Å². The number of ether oxygens (including phenoxy) is 1. The van der Waals surface area contributed by atoms with Crippen molar-refractivity contribution in [3.63, 3.8) is 0 Å². The van der Waals surface area contributed by atoms with Gasteiger partial charge in [0.1, 0.15) is 17.9 Å². The molecule has 2 N–H and O–H groups in total. The molecular weight excluding hydrogens is 328 g/mol. The number of aliphatic imine (C=N–C) groups is 1. The van der Waals surface area contributed by atoms with Gasteiger partial charge >= 0.3 is 0 Å². The number of hydrogen-bond donors (Lipinski definition) is 2. The molecule has 0 saturated carbocycles. The third-order valence-corrected chi connectivity index (χ3v) is 5.04. The van der Waals surface area contributed by atoms with Crippen molar-refractivity contribution in [2.45, 2.75) is 44.7 Å². The third kappa shape index (κ3) is 3.66. The van der Waals surface area contributed by atoms with Crippen LogP contribution in [-0.2, 0) is 13.0 Å². The molecule has 0 amide bonds. The second-order valence-corrected chi connectivity index (χ2v) is 6.83. The SMILES string of the molecule is CCNC(=NCC1CCOc2ccccc21)NC1CCc2ncnn2C1. The summed E-state index contributed by atoms with van der Waals surface area (Å²) in [4.78, 5) is 9.16. The van der Waals surface area contributed by atoms with Crippen LogP contribution in [0.1, 0.15) is 37.1 Å². The number of aromatic nitrogens is 3. The molecule has 26 heavy (non-hydrogen) atoms. The number of nitrogens with one attached hydrogen (secondary N) is 2. The molecular formula is C19H26N6O. The Labute approximate surface area is 153 Å². The van der Waals surface area contributed by atoms with Crippen LogP contribution in [0.4, 0.5) is 0 Å². The van der Waals surface area contributed by atoms with Gasteiger partial charge in [0.25, 0.3) is 0 Å². The summed E-state index contributed by atoms with van der Waals surface area (Å²) in [5, 5.41) is 11.2. The van der Waals surface area contributed by atoms with Gasteiger partial charge in [-0.2, -0.15) is 5.10 Å². The summed E-state index contributed by atoms with van der Waals surface area (Å²) in [7, 11) is 0. The number of aryl methyl sites for hydroxylation is 1. The van der Waals surface area contributed by atoms with Crippen LogP contribution in [-0.4, -0.2) is 46.5 Å². The standard InChI is InChI=1S/C19H26N6O/c1-2-20-19(24-15-7-8-18-22-13-23-25(18)12-15)21-11-14-9-10-26-17-6-4-3-5-16(14)17/h3-6,13-15H,2,7-12H2,1H3,(H2,20,21,24). The first-order chi connectivity index (χ1) is 12.8. The van der Waals surface area contributed by atoms with E-state index in [1.54, 1.807) is 6.33 Å². The predicted octanol–water partition coefficient (Wildman–Crippen LogP) is 1.71. The molecule has 138 valence electrons. The Bertz CT molecular complexity index is 771. The Morgan fingerprint density at radius 1 is 1.35 bits per heavy atom. The van der Waals surface area contributed by atoms with E-state index in [9.17, 15) is 0 Å². The van der Waals surface area contributed by atoms with Gasteiger partial charge in [-0.15, -0.1) is 0 Å². The Morgan fingerprint density at radius 2 is 2.27 bits per heavy atom. The van der Waals surface area contributed by atoms with E-state index in [0.29, 0.717) is 12.0 Å². The Hall–Kier alpha value is -2.57. The molecule has 7 nitrogen and oxygen atoms in total. The largest absolute Gasteiger partial charge is 0.493 e. The molecule has 2 aliphatic heterocycles. The van der Waals surface area contributed by atoms with Gasteiger partial charge in [0.2, 0.25) is 0 Å². The topological polar surface area (TPSA) is 76.4 Å². The lowest BCUT2D eigenvalue weighted by atomic mass is 9.93. The highest BCUT2D eigenvalue weighted by molar-refractivity contribution is 5.80. The van der Waals surface area contributed by atoms with Gasteiger partial charge in [0, 0.05) is 31.5 Å². The number of benzene rings is 1. The van der Waals surface area contributed by atoms with E-state index in [1.165, 1.54) is 5.56 Å². The van der Waals surface area contributed by atoms with Crippen LogP contribution in [0, 0.1) is 0 Å². The lowest BCUT2D eigenvalue weighted by Crippen LogP contribution is -2.47. The van der Waals surface area contributed by atoms with Crippen molar-refractivity contribution in [2.75, 3.05) is 19.7 Å². The van der Waals surface area contributed by atoms with E-state index in [4.69, 9.17) is 9.73 Å². The van der Waals surface area contributed by atoms with E-state index >= 15 is 0 Å². The third-order valence-electron chi connectivity index (χ3n) is 5.04. The maximum Gasteiger partial charge on any atom is 0.191 e. The van der Waals surface area contributed by atoms with Crippen LogP contribution in [0.3, 0.4) is 0 Å². The molecule has 0 spiro atoms. The lowest BCUT2D eigenvalue weighted by Gasteiger charge is -2.27. The fourth-order valence-corrected chi connectivity index (χ4v) is 3.68. The summed E-state index contributed by atoms with van der Waals surface area (Å²) >= 11 is 0. The number of fused-ring (bicyclic) bond motifs is 2. The number of para-hydroxylation sites is 1. The molecule has 1 aromatic heterocycles. The van der Waals surface area contributed by atoms with Gasteiger partial charge in [0.05, 0.1) is 13.2 Å². The van der Waals surface area contributed by atoms with Crippen molar-refractivity contribution >= 4 is 5.96 Å². The van der Waals surface area contributed by atoms with Crippen molar-refractivity contribution in [3.05, 3.63) is 42.0 Å². The zero-order valence-corrected chi connectivity index (χ0v) is 15.2. The van der Waals surface area contributed by atoms with Crippen molar-refractivity contribution in [1.29, 1.82) is 0 Å². The molecule has 1 aromatic carbocycles. The molecule has 0 radical (unpaired) electrons. The van der Waals surface area contributed by atoms with Crippen LogP contribution >= 0.6 is 0 Å². The van der Waals surface area contributed by atoms with Crippen molar-refractivity contribution in [2.24, 2.45) is 4.99 Å². The summed E-state index contributed by atoms with van der Waals surface area (Å²) in [6, 6.07) is 8.63. The molecule has 2 aromatic rings. The highest BCUT2D eigenvalue weighted by atomic mass is 16.5. The van der Waals surface area contributed by atoms with Gasteiger partial charge in [-0.05, 0) is 31.4 Å². The van der Waals surface area contributed by atoms with E-state index in [2.05, 4.69) is 39.8 Å². The van der Waals surface area contributed by atoms with Crippen LogP contribution in [0.2, 0.25) is 0 Å². The second kappa shape index (κ2) is 7.76. The highest BCUT2D eigenvalue weighted by Crippen LogP contribution is 2.33. The number of rotatable bonds is 4. The van der Waals surface area contributed by atoms with Crippen molar-refractivity contribution in [1.82, 2.24) is 25.4 Å². The first-order valence-corrected chi connectivity index (χ1v) is 9.46. The first kappa shape index (κ1) is 16.9. The molecule has 0 aliphatic carbocycles. The predicted molar refractivity (Wildman–Crippen MR) is 101 cm³/mol. The van der Waals surface area contributed by atoms with Crippen LogP contribution < -0.4 is 15.4 Å². The smallest absolute Gasteiger partial charge is 0.191 e. The normalized spacial score (nSPS) is 22.1. The second-order valence-electron chi connectivity index (χ2n) is 6.83. The molecule has 0 bridgehead atoms. The zero-order chi connectivity index (χ0) is 17.8. The maximum atomic E-state index is 5.76. The number of guanidine groups is 1. The Morgan fingerprint density at radius 3 is 3.19 bits per heavy atom. The average Bonchev–Trinajstić information content (AvgIpc) is 3.14.